The Labute approximate surface area is 113 Å². The summed E-state index contributed by atoms with van der Waals surface area (Å²) >= 11 is 0. The Kier molecular flexibility index (Phi) is 4.28. The Bertz CT molecular complexity index is 525. The summed E-state index contributed by atoms with van der Waals surface area (Å²) in [4.78, 5) is 12.7. The zero-order chi connectivity index (χ0) is 13.7. The minimum atomic E-state index is 0.347. The van der Waals surface area contributed by atoms with Crippen molar-refractivity contribution < 1.29 is 0 Å². The number of aromatic nitrogens is 3. The Balaban J connectivity index is 2.20. The molecule has 0 saturated carbocycles. The largest absolute Gasteiger partial charge is 0.373 e. The van der Waals surface area contributed by atoms with Crippen LogP contribution in [0.15, 0.2) is 30.9 Å². The van der Waals surface area contributed by atoms with E-state index in [2.05, 4.69) is 39.4 Å². The van der Waals surface area contributed by atoms with Gasteiger partial charge in [0, 0.05) is 31.5 Å². The first-order chi connectivity index (χ1) is 9.22. The smallest absolute Gasteiger partial charge is 0.135 e. The van der Waals surface area contributed by atoms with Crippen LogP contribution in [-0.4, -0.2) is 22.0 Å². The molecule has 0 aliphatic heterocycles. The van der Waals surface area contributed by atoms with Crippen molar-refractivity contribution in [2.45, 2.75) is 26.3 Å². The molecule has 0 aromatic carbocycles. The molecule has 0 atom stereocenters. The minimum Gasteiger partial charge on any atom is -0.373 e. The van der Waals surface area contributed by atoms with Crippen molar-refractivity contribution in [2.75, 3.05) is 17.7 Å². The molecule has 5 nitrogen and oxygen atoms in total. The summed E-state index contributed by atoms with van der Waals surface area (Å²) in [5.41, 5.74) is 2.23. The number of anilines is 2. The molecule has 0 spiro atoms. The van der Waals surface area contributed by atoms with Gasteiger partial charge in [0.2, 0.25) is 0 Å². The van der Waals surface area contributed by atoms with E-state index in [0.29, 0.717) is 12.5 Å². The first-order valence-electron chi connectivity index (χ1n) is 6.37. The van der Waals surface area contributed by atoms with Crippen molar-refractivity contribution in [3.05, 3.63) is 42.0 Å². The van der Waals surface area contributed by atoms with Crippen molar-refractivity contribution in [1.29, 1.82) is 0 Å². The molecule has 0 radical (unpaired) electrons. The Morgan fingerprint density at radius 3 is 2.63 bits per heavy atom. The highest BCUT2D eigenvalue weighted by atomic mass is 15.1. The highest BCUT2D eigenvalue weighted by Gasteiger charge is 2.13. The predicted molar refractivity (Wildman–Crippen MR) is 77.2 cm³/mol. The van der Waals surface area contributed by atoms with E-state index in [-0.39, 0.29) is 0 Å². The average molecular weight is 257 g/mol. The van der Waals surface area contributed by atoms with Crippen LogP contribution in [0.25, 0.3) is 0 Å². The summed E-state index contributed by atoms with van der Waals surface area (Å²) in [5.74, 6) is 2.09. The van der Waals surface area contributed by atoms with Crippen LogP contribution in [0, 0.1) is 0 Å². The Morgan fingerprint density at radius 2 is 2.00 bits per heavy atom. The lowest BCUT2D eigenvalue weighted by molar-refractivity contribution is 0.846. The van der Waals surface area contributed by atoms with Crippen molar-refractivity contribution in [3.8, 4) is 0 Å². The minimum absolute atomic E-state index is 0.347. The molecule has 0 amide bonds. The van der Waals surface area contributed by atoms with Crippen LogP contribution in [0.1, 0.15) is 30.9 Å². The fourth-order valence-corrected chi connectivity index (χ4v) is 1.97. The zero-order valence-electron chi connectivity index (χ0n) is 11.5. The van der Waals surface area contributed by atoms with E-state index in [9.17, 15) is 0 Å². The molecule has 19 heavy (non-hydrogen) atoms. The number of hydrogen-bond donors (Lipinski definition) is 2. The van der Waals surface area contributed by atoms with Crippen LogP contribution in [0.3, 0.4) is 0 Å². The second-order valence-corrected chi connectivity index (χ2v) is 4.60. The second kappa shape index (κ2) is 6.13. The van der Waals surface area contributed by atoms with Crippen LogP contribution in [0.5, 0.6) is 0 Å². The molecule has 2 aromatic rings. The SMILES string of the molecule is CNc1ncnc(NCc2cccnc2)c1C(C)C. The van der Waals surface area contributed by atoms with Crippen LogP contribution < -0.4 is 10.6 Å². The van der Waals surface area contributed by atoms with E-state index in [1.165, 1.54) is 0 Å². The second-order valence-electron chi connectivity index (χ2n) is 4.60. The van der Waals surface area contributed by atoms with Gasteiger partial charge in [0.15, 0.2) is 0 Å². The lowest BCUT2D eigenvalue weighted by atomic mass is 10.0. The van der Waals surface area contributed by atoms with Crippen LogP contribution >= 0.6 is 0 Å². The summed E-state index contributed by atoms with van der Waals surface area (Å²) in [7, 11) is 1.87. The highest BCUT2D eigenvalue weighted by Crippen LogP contribution is 2.28. The third-order valence-corrected chi connectivity index (χ3v) is 2.88. The summed E-state index contributed by atoms with van der Waals surface area (Å²) in [6, 6.07) is 3.97. The quantitative estimate of drug-likeness (QED) is 0.862. The normalized spacial score (nSPS) is 10.5. The molecule has 2 rings (SSSR count). The zero-order valence-corrected chi connectivity index (χ0v) is 11.5. The van der Waals surface area contributed by atoms with E-state index in [1.807, 2.05) is 25.4 Å². The molecule has 0 aliphatic rings. The fraction of sp³-hybridized carbons (Fsp3) is 0.357. The monoisotopic (exact) mass is 257 g/mol. The van der Waals surface area contributed by atoms with Gasteiger partial charge < -0.3 is 10.6 Å². The summed E-state index contributed by atoms with van der Waals surface area (Å²) < 4.78 is 0. The number of nitrogens with one attached hydrogen (secondary N) is 2. The molecule has 0 bridgehead atoms. The molecule has 2 aromatic heterocycles. The molecular formula is C14H19N5. The maximum atomic E-state index is 4.34. The van der Waals surface area contributed by atoms with Crippen LogP contribution in [-0.2, 0) is 6.54 Å². The number of nitrogens with zero attached hydrogens (tertiary/aromatic N) is 3. The number of pyridine rings is 1. The van der Waals surface area contributed by atoms with Crippen molar-refractivity contribution in [2.24, 2.45) is 0 Å². The number of rotatable bonds is 5. The average Bonchev–Trinajstić information content (AvgIpc) is 2.45. The number of hydrogen-bond acceptors (Lipinski definition) is 5. The Morgan fingerprint density at radius 1 is 1.21 bits per heavy atom. The lowest BCUT2D eigenvalue weighted by Gasteiger charge is -2.16. The third-order valence-electron chi connectivity index (χ3n) is 2.88. The molecule has 0 saturated heterocycles. The highest BCUT2D eigenvalue weighted by molar-refractivity contribution is 5.58. The molecule has 5 heteroatoms. The molecule has 2 heterocycles. The molecule has 2 N–H and O–H groups in total. The first-order valence-corrected chi connectivity index (χ1v) is 6.37. The van der Waals surface area contributed by atoms with Gasteiger partial charge in [0.1, 0.15) is 18.0 Å². The van der Waals surface area contributed by atoms with E-state index in [1.54, 1.807) is 12.5 Å². The van der Waals surface area contributed by atoms with E-state index >= 15 is 0 Å². The molecular weight excluding hydrogens is 238 g/mol. The first kappa shape index (κ1) is 13.3. The predicted octanol–water partition coefficient (Wildman–Crippen LogP) is 2.65. The third kappa shape index (κ3) is 3.19. The molecule has 0 aliphatic carbocycles. The fourth-order valence-electron chi connectivity index (χ4n) is 1.97. The molecule has 100 valence electrons. The summed E-state index contributed by atoms with van der Waals surface area (Å²) in [6.45, 7) is 4.97. The van der Waals surface area contributed by atoms with Crippen LogP contribution in [0.4, 0.5) is 11.6 Å². The molecule has 0 fully saturated rings. The van der Waals surface area contributed by atoms with Gasteiger partial charge in [0.05, 0.1) is 0 Å². The van der Waals surface area contributed by atoms with E-state index in [0.717, 1.165) is 22.8 Å². The van der Waals surface area contributed by atoms with Gasteiger partial charge in [0.25, 0.3) is 0 Å². The summed E-state index contributed by atoms with van der Waals surface area (Å²) in [5, 5.41) is 6.47. The van der Waals surface area contributed by atoms with Gasteiger partial charge in [-0.25, -0.2) is 9.97 Å². The van der Waals surface area contributed by atoms with Crippen molar-refractivity contribution >= 4 is 11.6 Å². The van der Waals surface area contributed by atoms with Gasteiger partial charge in [-0.2, -0.15) is 0 Å². The van der Waals surface area contributed by atoms with Crippen molar-refractivity contribution in [1.82, 2.24) is 15.0 Å². The molecule has 0 unspecified atom stereocenters. The van der Waals surface area contributed by atoms with Gasteiger partial charge in [-0.15, -0.1) is 0 Å². The van der Waals surface area contributed by atoms with Gasteiger partial charge >= 0.3 is 0 Å². The topological polar surface area (TPSA) is 62.7 Å². The maximum absolute atomic E-state index is 4.34. The van der Waals surface area contributed by atoms with Gasteiger partial charge in [-0.1, -0.05) is 19.9 Å². The van der Waals surface area contributed by atoms with E-state index < -0.39 is 0 Å². The Hall–Kier alpha value is -2.17. The summed E-state index contributed by atoms with van der Waals surface area (Å²) in [6.07, 6.45) is 5.19. The van der Waals surface area contributed by atoms with Crippen molar-refractivity contribution in [3.63, 3.8) is 0 Å². The lowest BCUT2D eigenvalue weighted by Crippen LogP contribution is -2.09. The van der Waals surface area contributed by atoms with Crippen LogP contribution in [0.2, 0.25) is 0 Å². The van der Waals surface area contributed by atoms with Gasteiger partial charge in [-0.3, -0.25) is 4.98 Å². The van der Waals surface area contributed by atoms with Gasteiger partial charge in [-0.05, 0) is 17.5 Å². The van der Waals surface area contributed by atoms with E-state index in [4.69, 9.17) is 0 Å². The standard InChI is InChI=1S/C14H19N5/c1-10(2)12-13(15-3)18-9-19-14(12)17-8-11-5-4-6-16-7-11/h4-7,9-10H,8H2,1-3H3,(H2,15,17,18,19). The maximum Gasteiger partial charge on any atom is 0.135 e.